The quantitative estimate of drug-likeness (QED) is 0.830. The molecule has 138 valence electrons. The summed E-state index contributed by atoms with van der Waals surface area (Å²) in [5.41, 5.74) is 0.685. The molecule has 2 aliphatic rings. The molecule has 25 heavy (non-hydrogen) atoms. The van der Waals surface area contributed by atoms with Crippen LogP contribution in [-0.4, -0.2) is 52.5 Å². The number of rotatable bonds is 6. The smallest absolute Gasteiger partial charge is 0.254 e. The van der Waals surface area contributed by atoms with Crippen LogP contribution >= 0.6 is 0 Å². The molecule has 0 spiro atoms. The molecule has 0 bridgehead atoms. The average molecular weight is 345 g/mol. The van der Waals surface area contributed by atoms with Gasteiger partial charge in [-0.05, 0) is 45.7 Å². The van der Waals surface area contributed by atoms with Crippen LogP contribution in [0.1, 0.15) is 68.6 Å². The number of amides is 1. The predicted molar refractivity (Wildman–Crippen MR) is 99.8 cm³/mol. The highest BCUT2D eigenvalue weighted by atomic mass is 16.1. The topological polar surface area (TPSA) is 70.2 Å². The van der Waals surface area contributed by atoms with Crippen LogP contribution in [0, 0.1) is 0 Å². The summed E-state index contributed by atoms with van der Waals surface area (Å²) in [5.74, 6) is 0.501. The van der Waals surface area contributed by atoms with E-state index in [9.17, 15) is 4.79 Å². The highest BCUT2D eigenvalue weighted by Crippen LogP contribution is 2.35. The number of nitrogens with zero attached hydrogens (tertiary/aromatic N) is 3. The molecular weight excluding hydrogens is 314 g/mol. The van der Waals surface area contributed by atoms with Gasteiger partial charge < -0.3 is 10.6 Å². The van der Waals surface area contributed by atoms with Crippen molar-refractivity contribution in [2.75, 3.05) is 31.5 Å². The maximum Gasteiger partial charge on any atom is 0.254 e. The Morgan fingerprint density at radius 1 is 1.08 bits per heavy atom. The molecule has 0 atom stereocenters. The highest BCUT2D eigenvalue weighted by molar-refractivity contribution is 5.93. The van der Waals surface area contributed by atoms with Crippen LogP contribution in [0.4, 0.5) is 5.95 Å². The Morgan fingerprint density at radius 3 is 2.36 bits per heavy atom. The molecule has 1 aromatic heterocycles. The van der Waals surface area contributed by atoms with Gasteiger partial charge in [0.2, 0.25) is 5.95 Å². The van der Waals surface area contributed by atoms with Crippen molar-refractivity contribution in [2.45, 2.75) is 63.8 Å². The molecule has 1 amide bonds. The van der Waals surface area contributed by atoms with Gasteiger partial charge in [0.25, 0.3) is 5.91 Å². The van der Waals surface area contributed by atoms with E-state index < -0.39 is 0 Å². The van der Waals surface area contributed by atoms with Gasteiger partial charge in [0.05, 0.1) is 5.56 Å². The Bertz CT molecular complexity index is 547. The van der Waals surface area contributed by atoms with E-state index in [1.54, 1.807) is 12.4 Å². The number of aromatic nitrogens is 2. The summed E-state index contributed by atoms with van der Waals surface area (Å²) in [6, 6.07) is 0. The van der Waals surface area contributed by atoms with Crippen molar-refractivity contribution < 1.29 is 4.79 Å². The lowest BCUT2D eigenvalue weighted by Crippen LogP contribution is -2.58. The molecule has 6 heteroatoms. The number of nitrogens with one attached hydrogen (secondary N) is 2. The van der Waals surface area contributed by atoms with Crippen molar-refractivity contribution in [1.29, 1.82) is 0 Å². The second-order valence-electron chi connectivity index (χ2n) is 7.34. The van der Waals surface area contributed by atoms with E-state index in [0.29, 0.717) is 11.5 Å². The van der Waals surface area contributed by atoms with Gasteiger partial charge in [0.1, 0.15) is 0 Å². The molecule has 1 aromatic rings. The highest BCUT2D eigenvalue weighted by Gasteiger charge is 2.38. The normalized spacial score (nSPS) is 20.8. The number of anilines is 1. The van der Waals surface area contributed by atoms with E-state index in [2.05, 4.69) is 25.5 Å². The van der Waals surface area contributed by atoms with E-state index in [1.165, 1.54) is 64.5 Å². The van der Waals surface area contributed by atoms with E-state index in [1.807, 2.05) is 6.92 Å². The van der Waals surface area contributed by atoms with Crippen molar-refractivity contribution in [3.8, 4) is 0 Å². The van der Waals surface area contributed by atoms with E-state index in [-0.39, 0.29) is 11.4 Å². The third-order valence-corrected chi connectivity index (χ3v) is 5.64. The second kappa shape index (κ2) is 8.61. The second-order valence-corrected chi connectivity index (χ2v) is 7.34. The third-order valence-electron chi connectivity index (χ3n) is 5.64. The molecule has 0 unspecified atom stereocenters. The first-order valence-electron chi connectivity index (χ1n) is 9.83. The number of piperidine rings is 1. The zero-order valence-electron chi connectivity index (χ0n) is 15.4. The van der Waals surface area contributed by atoms with Crippen LogP contribution < -0.4 is 10.6 Å². The lowest BCUT2D eigenvalue weighted by Gasteiger charge is -2.48. The van der Waals surface area contributed by atoms with Crippen molar-refractivity contribution in [2.24, 2.45) is 0 Å². The van der Waals surface area contributed by atoms with Gasteiger partial charge in [-0.3, -0.25) is 9.69 Å². The molecule has 1 saturated heterocycles. The minimum atomic E-state index is -0.0648. The van der Waals surface area contributed by atoms with E-state index in [0.717, 1.165) is 13.1 Å². The van der Waals surface area contributed by atoms with Gasteiger partial charge in [-0.15, -0.1) is 0 Å². The summed E-state index contributed by atoms with van der Waals surface area (Å²) in [6.07, 6.45) is 13.4. The van der Waals surface area contributed by atoms with Crippen LogP contribution in [0.15, 0.2) is 12.4 Å². The Morgan fingerprint density at radius 2 is 1.72 bits per heavy atom. The molecule has 2 fully saturated rings. The first kappa shape index (κ1) is 18.1. The molecule has 1 saturated carbocycles. The minimum Gasteiger partial charge on any atom is -0.355 e. The Hall–Kier alpha value is -1.69. The maximum absolute atomic E-state index is 12.6. The fourth-order valence-electron chi connectivity index (χ4n) is 4.22. The Kier molecular flexibility index (Phi) is 6.24. The third kappa shape index (κ3) is 4.48. The van der Waals surface area contributed by atoms with Crippen LogP contribution in [-0.2, 0) is 0 Å². The van der Waals surface area contributed by atoms with Crippen molar-refractivity contribution >= 4 is 11.9 Å². The number of likely N-dealkylation sites (tertiary alicyclic amines) is 1. The molecule has 0 aromatic carbocycles. The van der Waals surface area contributed by atoms with Gasteiger partial charge in [-0.1, -0.05) is 25.7 Å². The number of hydrogen-bond acceptors (Lipinski definition) is 5. The van der Waals surface area contributed by atoms with Gasteiger partial charge in [-0.25, -0.2) is 9.97 Å². The van der Waals surface area contributed by atoms with Crippen LogP contribution in [0.5, 0.6) is 0 Å². The molecule has 0 radical (unpaired) electrons. The molecule has 2 N–H and O–H groups in total. The average Bonchev–Trinajstić information content (AvgIpc) is 2.68. The maximum atomic E-state index is 12.6. The first-order valence-corrected chi connectivity index (χ1v) is 9.83. The van der Waals surface area contributed by atoms with Crippen LogP contribution in [0.2, 0.25) is 0 Å². The zero-order chi connectivity index (χ0) is 17.5. The van der Waals surface area contributed by atoms with Crippen molar-refractivity contribution in [3.05, 3.63) is 18.0 Å². The molecule has 1 aliphatic carbocycles. The fourth-order valence-corrected chi connectivity index (χ4v) is 4.22. The Balaban J connectivity index is 1.62. The van der Waals surface area contributed by atoms with Gasteiger partial charge in [0.15, 0.2) is 0 Å². The van der Waals surface area contributed by atoms with E-state index in [4.69, 9.17) is 0 Å². The number of hydrogen-bond donors (Lipinski definition) is 2. The van der Waals surface area contributed by atoms with Gasteiger partial charge in [-0.2, -0.15) is 0 Å². The first-order chi connectivity index (χ1) is 12.2. The predicted octanol–water partition coefficient (Wildman–Crippen LogP) is 2.83. The molecule has 3 rings (SSSR count). The summed E-state index contributed by atoms with van der Waals surface area (Å²) in [6.45, 7) is 5.85. The minimum absolute atomic E-state index is 0.0648. The summed E-state index contributed by atoms with van der Waals surface area (Å²) in [5, 5.41) is 6.22. The van der Waals surface area contributed by atoms with E-state index >= 15 is 0 Å². The molecule has 1 aliphatic heterocycles. The fraction of sp³-hybridized carbons (Fsp3) is 0.737. The lowest BCUT2D eigenvalue weighted by atomic mass is 9.79. The van der Waals surface area contributed by atoms with Gasteiger partial charge in [0, 0.05) is 31.0 Å². The van der Waals surface area contributed by atoms with Crippen LogP contribution in [0.25, 0.3) is 0 Å². The lowest BCUT2D eigenvalue weighted by molar-refractivity contribution is 0.0326. The van der Waals surface area contributed by atoms with Crippen molar-refractivity contribution in [3.63, 3.8) is 0 Å². The SMILES string of the molecule is CCNc1ncc(C(=O)NCC2(N3CCCCC3)CCCCC2)cn1. The molecule has 6 nitrogen and oxygen atoms in total. The summed E-state index contributed by atoms with van der Waals surface area (Å²) in [4.78, 5) is 23.6. The zero-order valence-corrected chi connectivity index (χ0v) is 15.4. The largest absolute Gasteiger partial charge is 0.355 e. The standard InChI is InChI=1S/C19H31N5O/c1-2-20-18-21-13-16(14-22-18)17(25)23-15-19(9-5-3-6-10-19)24-11-7-4-8-12-24/h13-14H,2-12,15H2,1H3,(H,23,25)(H,20,21,22). The number of carbonyl (C=O) groups is 1. The monoisotopic (exact) mass is 345 g/mol. The van der Waals surface area contributed by atoms with Crippen LogP contribution in [0.3, 0.4) is 0 Å². The Labute approximate surface area is 150 Å². The summed E-state index contributed by atoms with van der Waals surface area (Å²) >= 11 is 0. The summed E-state index contributed by atoms with van der Waals surface area (Å²) in [7, 11) is 0. The van der Waals surface area contributed by atoms with Crippen molar-refractivity contribution in [1.82, 2.24) is 20.2 Å². The molecular formula is C19H31N5O. The summed E-state index contributed by atoms with van der Waals surface area (Å²) < 4.78 is 0. The van der Waals surface area contributed by atoms with Gasteiger partial charge >= 0.3 is 0 Å². The molecule has 2 heterocycles. The number of carbonyl (C=O) groups excluding carboxylic acids is 1.